The fourth-order valence-electron chi connectivity index (χ4n) is 2.67. The maximum atomic E-state index is 9.84. The predicted molar refractivity (Wildman–Crippen MR) is 61.5 cm³/mol. The zero-order valence-electron chi connectivity index (χ0n) is 10.0. The lowest BCUT2D eigenvalue weighted by Gasteiger charge is -2.20. The van der Waals surface area contributed by atoms with Crippen LogP contribution in [0.5, 0.6) is 0 Å². The van der Waals surface area contributed by atoms with Gasteiger partial charge in [-0.3, -0.25) is 0 Å². The third-order valence-corrected chi connectivity index (χ3v) is 3.70. The zero-order chi connectivity index (χ0) is 11.7. The van der Waals surface area contributed by atoms with Crippen molar-refractivity contribution in [2.24, 2.45) is 5.92 Å². The molecular weight excluding hydrogens is 218 g/mol. The van der Waals surface area contributed by atoms with E-state index in [1.165, 1.54) is 0 Å². The highest BCUT2D eigenvalue weighted by molar-refractivity contribution is 5.00. The SMILES string of the molecule is OC1CCCn2nc(CC3CCOCC3)nc21. The first-order chi connectivity index (χ1) is 8.33. The summed E-state index contributed by atoms with van der Waals surface area (Å²) in [5.41, 5.74) is 0. The number of aromatic nitrogens is 3. The Morgan fingerprint density at radius 1 is 1.29 bits per heavy atom. The average molecular weight is 237 g/mol. The monoisotopic (exact) mass is 237 g/mol. The molecule has 0 spiro atoms. The fraction of sp³-hybridized carbons (Fsp3) is 0.833. The van der Waals surface area contributed by atoms with Gasteiger partial charge in [0.1, 0.15) is 6.10 Å². The summed E-state index contributed by atoms with van der Waals surface area (Å²) in [5.74, 6) is 2.30. The van der Waals surface area contributed by atoms with Crippen LogP contribution in [-0.4, -0.2) is 33.1 Å². The van der Waals surface area contributed by atoms with E-state index in [0.29, 0.717) is 5.92 Å². The van der Waals surface area contributed by atoms with Gasteiger partial charge in [-0.25, -0.2) is 9.67 Å². The molecule has 1 unspecified atom stereocenters. The lowest BCUT2D eigenvalue weighted by atomic mass is 9.96. The Balaban J connectivity index is 1.71. The van der Waals surface area contributed by atoms with Crippen LogP contribution in [0.15, 0.2) is 0 Å². The molecule has 3 rings (SSSR count). The quantitative estimate of drug-likeness (QED) is 0.836. The normalized spacial score (nSPS) is 25.8. The third kappa shape index (κ3) is 2.35. The van der Waals surface area contributed by atoms with Gasteiger partial charge in [0.2, 0.25) is 0 Å². The molecule has 2 aliphatic heterocycles. The minimum atomic E-state index is -0.417. The fourth-order valence-corrected chi connectivity index (χ4v) is 2.67. The summed E-state index contributed by atoms with van der Waals surface area (Å²) in [6.07, 6.45) is 4.53. The van der Waals surface area contributed by atoms with Crippen LogP contribution in [-0.2, 0) is 17.7 Å². The van der Waals surface area contributed by atoms with Gasteiger partial charge in [-0.2, -0.15) is 5.10 Å². The number of rotatable bonds is 2. The number of fused-ring (bicyclic) bond motifs is 1. The number of ether oxygens (including phenoxy) is 1. The summed E-state index contributed by atoms with van der Waals surface area (Å²) in [5, 5.41) is 14.3. The van der Waals surface area contributed by atoms with Crippen LogP contribution < -0.4 is 0 Å². The minimum Gasteiger partial charge on any atom is -0.385 e. The molecule has 0 radical (unpaired) electrons. The molecular formula is C12H19N3O2. The van der Waals surface area contributed by atoms with Gasteiger partial charge in [-0.15, -0.1) is 0 Å². The van der Waals surface area contributed by atoms with Crippen molar-refractivity contribution in [1.82, 2.24) is 14.8 Å². The van der Waals surface area contributed by atoms with E-state index in [2.05, 4.69) is 10.1 Å². The Bertz CT molecular complexity index is 385. The van der Waals surface area contributed by atoms with Gasteiger partial charge in [0.15, 0.2) is 11.6 Å². The molecule has 5 nitrogen and oxygen atoms in total. The van der Waals surface area contributed by atoms with Crippen molar-refractivity contribution in [3.8, 4) is 0 Å². The summed E-state index contributed by atoms with van der Waals surface area (Å²) < 4.78 is 7.23. The van der Waals surface area contributed by atoms with E-state index in [1.807, 2.05) is 4.68 Å². The number of hydrogen-bond acceptors (Lipinski definition) is 4. The van der Waals surface area contributed by atoms with E-state index < -0.39 is 6.10 Å². The molecule has 1 N–H and O–H groups in total. The van der Waals surface area contributed by atoms with Crippen LogP contribution in [0.4, 0.5) is 0 Å². The Labute approximate surface area is 101 Å². The van der Waals surface area contributed by atoms with E-state index in [0.717, 1.165) is 63.5 Å². The molecule has 1 aromatic rings. The highest BCUT2D eigenvalue weighted by atomic mass is 16.5. The van der Waals surface area contributed by atoms with Gasteiger partial charge in [0.05, 0.1) is 0 Å². The second-order valence-corrected chi connectivity index (χ2v) is 5.03. The van der Waals surface area contributed by atoms with Crippen molar-refractivity contribution in [3.63, 3.8) is 0 Å². The molecule has 1 aromatic heterocycles. The number of nitrogens with zero attached hydrogens (tertiary/aromatic N) is 3. The van der Waals surface area contributed by atoms with Gasteiger partial charge in [0.25, 0.3) is 0 Å². The molecule has 1 fully saturated rings. The standard InChI is InChI=1S/C12H19N3O2/c16-10-2-1-5-15-12(10)13-11(14-15)8-9-3-6-17-7-4-9/h9-10,16H,1-8H2. The van der Waals surface area contributed by atoms with E-state index >= 15 is 0 Å². The van der Waals surface area contributed by atoms with Gasteiger partial charge in [0, 0.05) is 26.2 Å². The van der Waals surface area contributed by atoms with Crippen LogP contribution in [0.3, 0.4) is 0 Å². The Morgan fingerprint density at radius 2 is 2.12 bits per heavy atom. The first kappa shape index (κ1) is 11.2. The number of aliphatic hydroxyl groups is 1. The van der Waals surface area contributed by atoms with Crippen molar-refractivity contribution in [2.45, 2.75) is 44.8 Å². The summed E-state index contributed by atoms with van der Waals surface area (Å²) in [6, 6.07) is 0. The van der Waals surface area contributed by atoms with Gasteiger partial charge in [-0.1, -0.05) is 0 Å². The highest BCUT2D eigenvalue weighted by Gasteiger charge is 2.23. The van der Waals surface area contributed by atoms with Crippen LogP contribution in [0.25, 0.3) is 0 Å². The van der Waals surface area contributed by atoms with Crippen LogP contribution in [0.2, 0.25) is 0 Å². The summed E-state index contributed by atoms with van der Waals surface area (Å²) in [7, 11) is 0. The molecule has 1 atom stereocenters. The minimum absolute atomic E-state index is 0.417. The van der Waals surface area contributed by atoms with Crippen molar-refractivity contribution in [2.75, 3.05) is 13.2 Å². The summed E-state index contributed by atoms with van der Waals surface area (Å²) >= 11 is 0. The molecule has 17 heavy (non-hydrogen) atoms. The summed E-state index contributed by atoms with van der Waals surface area (Å²) in [4.78, 5) is 4.49. The molecule has 5 heteroatoms. The van der Waals surface area contributed by atoms with Crippen LogP contribution >= 0.6 is 0 Å². The Morgan fingerprint density at radius 3 is 2.88 bits per heavy atom. The molecule has 1 saturated heterocycles. The Kier molecular flexibility index (Phi) is 3.11. The highest BCUT2D eigenvalue weighted by Crippen LogP contribution is 2.24. The van der Waals surface area contributed by atoms with Crippen molar-refractivity contribution >= 4 is 0 Å². The average Bonchev–Trinajstić information content (AvgIpc) is 2.74. The van der Waals surface area contributed by atoms with Gasteiger partial charge < -0.3 is 9.84 Å². The van der Waals surface area contributed by atoms with Crippen molar-refractivity contribution < 1.29 is 9.84 Å². The third-order valence-electron chi connectivity index (χ3n) is 3.70. The lowest BCUT2D eigenvalue weighted by molar-refractivity contribution is 0.0659. The largest absolute Gasteiger partial charge is 0.385 e. The molecule has 94 valence electrons. The first-order valence-electron chi connectivity index (χ1n) is 6.52. The van der Waals surface area contributed by atoms with E-state index in [4.69, 9.17) is 4.74 Å². The van der Waals surface area contributed by atoms with Crippen LogP contribution in [0, 0.1) is 5.92 Å². The maximum absolute atomic E-state index is 9.84. The summed E-state index contributed by atoms with van der Waals surface area (Å²) in [6.45, 7) is 2.62. The first-order valence-corrected chi connectivity index (χ1v) is 6.52. The molecule has 0 aliphatic carbocycles. The topological polar surface area (TPSA) is 60.2 Å². The molecule has 0 amide bonds. The predicted octanol–water partition coefficient (Wildman–Crippen LogP) is 1.07. The smallest absolute Gasteiger partial charge is 0.156 e. The van der Waals surface area contributed by atoms with Crippen LogP contribution in [0.1, 0.15) is 43.4 Å². The van der Waals surface area contributed by atoms with Gasteiger partial charge >= 0.3 is 0 Å². The molecule has 0 saturated carbocycles. The van der Waals surface area contributed by atoms with E-state index in [1.54, 1.807) is 0 Å². The number of hydrogen-bond donors (Lipinski definition) is 1. The number of aryl methyl sites for hydroxylation is 1. The van der Waals surface area contributed by atoms with E-state index in [9.17, 15) is 5.11 Å². The second-order valence-electron chi connectivity index (χ2n) is 5.03. The van der Waals surface area contributed by atoms with Crippen molar-refractivity contribution in [1.29, 1.82) is 0 Å². The second kappa shape index (κ2) is 4.74. The maximum Gasteiger partial charge on any atom is 0.156 e. The van der Waals surface area contributed by atoms with Crippen molar-refractivity contribution in [3.05, 3.63) is 11.6 Å². The number of aliphatic hydroxyl groups excluding tert-OH is 1. The zero-order valence-corrected chi connectivity index (χ0v) is 10.0. The lowest BCUT2D eigenvalue weighted by Crippen LogP contribution is -2.18. The molecule has 2 aliphatic rings. The molecule has 0 bridgehead atoms. The van der Waals surface area contributed by atoms with E-state index in [-0.39, 0.29) is 0 Å². The van der Waals surface area contributed by atoms with Gasteiger partial charge in [-0.05, 0) is 31.6 Å². The Hall–Kier alpha value is -0.940. The molecule has 0 aromatic carbocycles. The molecule has 3 heterocycles.